The van der Waals surface area contributed by atoms with Gasteiger partial charge in [0.1, 0.15) is 11.9 Å². The molecule has 0 fully saturated rings. The lowest BCUT2D eigenvalue weighted by atomic mass is 10.1. The summed E-state index contributed by atoms with van der Waals surface area (Å²) in [6.07, 6.45) is 3.03. The summed E-state index contributed by atoms with van der Waals surface area (Å²) in [7, 11) is 0. The first-order valence-corrected chi connectivity index (χ1v) is 4.84. The van der Waals surface area contributed by atoms with Crippen LogP contribution in [0.25, 0.3) is 0 Å². The second-order valence-corrected chi connectivity index (χ2v) is 2.95. The molecular weight excluding hydrogens is 202 g/mol. The highest BCUT2D eigenvalue weighted by Crippen LogP contribution is 2.14. The van der Waals surface area contributed by atoms with Gasteiger partial charge in [0.25, 0.3) is 0 Å². The van der Waals surface area contributed by atoms with E-state index in [1.54, 1.807) is 12.3 Å². The molecule has 1 aromatic heterocycles. The van der Waals surface area contributed by atoms with Crippen LogP contribution < -0.4 is 4.72 Å². The fourth-order valence-corrected chi connectivity index (χ4v) is 1.20. The lowest BCUT2D eigenvalue weighted by Crippen LogP contribution is -2.02. The number of aromatic nitrogens is 1. The normalized spacial score (nSPS) is 9.14. The van der Waals surface area contributed by atoms with Gasteiger partial charge in [0.2, 0.25) is 0 Å². The Bertz CT molecular complexity index is 400. The van der Waals surface area contributed by atoms with Crippen LogP contribution in [0.15, 0.2) is 12.3 Å². The van der Waals surface area contributed by atoms with E-state index in [0.717, 1.165) is 0 Å². The number of nitrogens with one attached hydrogen (secondary N) is 1. The van der Waals surface area contributed by atoms with Crippen molar-refractivity contribution in [2.75, 3.05) is 11.0 Å². The monoisotopic (exact) mass is 209 g/mol. The maximum absolute atomic E-state index is 10.7. The van der Waals surface area contributed by atoms with Gasteiger partial charge in [0.05, 0.1) is 11.1 Å². The molecule has 1 aromatic rings. The molecule has 1 heterocycles. The largest absolute Gasteiger partial charge is 0.478 e. The van der Waals surface area contributed by atoms with E-state index in [0.29, 0.717) is 5.82 Å². The van der Waals surface area contributed by atoms with Crippen molar-refractivity contribution in [2.24, 2.45) is 0 Å². The Balaban J connectivity index is 3.16. The minimum absolute atomic E-state index is 0.0425. The number of nitrogens with zero attached hydrogens (tertiary/aromatic N) is 2. The second kappa shape index (κ2) is 4.48. The standard InChI is InChI=1S/C8H7N3O2S/c1-14-11-7-2-6(8(12)13)5(3-9)4-10-7/h2,4H,1H3,(H,10,11)(H,12,13). The second-order valence-electron chi connectivity index (χ2n) is 2.34. The van der Waals surface area contributed by atoms with Crippen molar-refractivity contribution in [1.29, 1.82) is 5.26 Å². The third-order valence-electron chi connectivity index (χ3n) is 1.46. The zero-order valence-corrected chi connectivity index (χ0v) is 8.13. The van der Waals surface area contributed by atoms with Crippen molar-refractivity contribution >= 4 is 23.7 Å². The molecule has 0 aliphatic heterocycles. The summed E-state index contributed by atoms with van der Waals surface area (Å²) in [5, 5.41) is 17.4. The fourth-order valence-electron chi connectivity index (χ4n) is 0.882. The number of hydrogen-bond acceptors (Lipinski definition) is 5. The summed E-state index contributed by atoms with van der Waals surface area (Å²) in [5.74, 6) is -0.706. The molecule has 0 aliphatic rings. The van der Waals surface area contributed by atoms with Crippen LogP contribution in [0.4, 0.5) is 5.82 Å². The summed E-state index contributed by atoms with van der Waals surface area (Å²) in [5.41, 5.74) is 0.0169. The number of nitriles is 1. The van der Waals surface area contributed by atoms with Gasteiger partial charge in [-0.05, 0) is 6.07 Å². The Morgan fingerprint density at radius 2 is 2.50 bits per heavy atom. The van der Waals surface area contributed by atoms with Crippen LogP contribution in [0, 0.1) is 11.3 Å². The van der Waals surface area contributed by atoms with Gasteiger partial charge in [-0.3, -0.25) is 0 Å². The first kappa shape index (κ1) is 10.3. The van der Waals surface area contributed by atoms with Crippen molar-refractivity contribution < 1.29 is 9.90 Å². The van der Waals surface area contributed by atoms with E-state index in [2.05, 4.69) is 9.71 Å². The molecule has 0 aliphatic carbocycles. The van der Waals surface area contributed by atoms with Crippen molar-refractivity contribution in [2.45, 2.75) is 0 Å². The number of rotatable bonds is 3. The molecular formula is C8H7N3O2S. The topological polar surface area (TPSA) is 86.0 Å². The molecule has 5 nitrogen and oxygen atoms in total. The summed E-state index contributed by atoms with van der Waals surface area (Å²) < 4.78 is 2.79. The zero-order valence-electron chi connectivity index (χ0n) is 7.31. The Labute approximate surface area is 84.9 Å². The predicted molar refractivity (Wildman–Crippen MR) is 53.0 cm³/mol. The van der Waals surface area contributed by atoms with Gasteiger partial charge in [-0.2, -0.15) is 5.26 Å². The molecule has 14 heavy (non-hydrogen) atoms. The van der Waals surface area contributed by atoms with Crippen LogP contribution in [0.1, 0.15) is 15.9 Å². The minimum atomic E-state index is -1.13. The Morgan fingerprint density at radius 3 is 3.00 bits per heavy atom. The number of hydrogen-bond donors (Lipinski definition) is 2. The number of aromatic carboxylic acids is 1. The maximum Gasteiger partial charge on any atom is 0.337 e. The summed E-state index contributed by atoms with van der Waals surface area (Å²) >= 11 is 1.30. The van der Waals surface area contributed by atoms with Crippen LogP contribution in [-0.2, 0) is 0 Å². The molecule has 0 atom stereocenters. The SMILES string of the molecule is CSNc1cc(C(=O)O)c(C#N)cn1. The molecule has 0 aromatic carbocycles. The molecule has 0 amide bonds. The lowest BCUT2D eigenvalue weighted by Gasteiger charge is -2.02. The van der Waals surface area contributed by atoms with Crippen LogP contribution in [0.3, 0.4) is 0 Å². The number of pyridine rings is 1. The molecule has 0 saturated carbocycles. The number of carboxylic acids is 1. The summed E-state index contributed by atoms with van der Waals surface area (Å²) in [6, 6.07) is 3.10. The quantitative estimate of drug-likeness (QED) is 0.730. The zero-order chi connectivity index (χ0) is 10.6. The van der Waals surface area contributed by atoms with Crippen LogP contribution in [0.5, 0.6) is 0 Å². The van der Waals surface area contributed by atoms with Crippen LogP contribution in [0.2, 0.25) is 0 Å². The smallest absolute Gasteiger partial charge is 0.337 e. The van der Waals surface area contributed by atoms with E-state index < -0.39 is 5.97 Å². The number of carboxylic acid groups (broad SMARTS) is 1. The van der Waals surface area contributed by atoms with Crippen molar-refractivity contribution in [1.82, 2.24) is 4.98 Å². The molecule has 0 spiro atoms. The molecule has 2 N–H and O–H groups in total. The van der Waals surface area contributed by atoms with Gasteiger partial charge in [0.15, 0.2) is 0 Å². The third kappa shape index (κ3) is 2.14. The van der Waals surface area contributed by atoms with Gasteiger partial charge in [0, 0.05) is 12.5 Å². The van der Waals surface area contributed by atoms with Crippen molar-refractivity contribution in [3.8, 4) is 6.07 Å². The molecule has 1 rings (SSSR count). The highest BCUT2D eigenvalue weighted by atomic mass is 32.2. The molecule has 0 bridgehead atoms. The van der Waals surface area contributed by atoms with Crippen molar-refractivity contribution in [3.05, 3.63) is 23.4 Å². The third-order valence-corrected chi connectivity index (χ3v) is 1.87. The lowest BCUT2D eigenvalue weighted by molar-refractivity contribution is 0.0696. The Kier molecular flexibility index (Phi) is 3.31. The van der Waals surface area contributed by atoms with E-state index in [1.165, 1.54) is 24.2 Å². The van der Waals surface area contributed by atoms with Crippen LogP contribution in [-0.4, -0.2) is 22.3 Å². The average Bonchev–Trinajstić information content (AvgIpc) is 2.18. The summed E-state index contributed by atoms with van der Waals surface area (Å²) in [6.45, 7) is 0. The Hall–Kier alpha value is -1.74. The first-order valence-electron chi connectivity index (χ1n) is 3.61. The van der Waals surface area contributed by atoms with E-state index in [-0.39, 0.29) is 11.1 Å². The maximum atomic E-state index is 10.7. The minimum Gasteiger partial charge on any atom is -0.478 e. The highest BCUT2D eigenvalue weighted by Gasteiger charge is 2.11. The fraction of sp³-hybridized carbons (Fsp3) is 0.125. The Morgan fingerprint density at radius 1 is 1.79 bits per heavy atom. The van der Waals surface area contributed by atoms with E-state index in [4.69, 9.17) is 10.4 Å². The van der Waals surface area contributed by atoms with E-state index >= 15 is 0 Å². The number of carbonyl (C=O) groups is 1. The predicted octanol–water partition coefficient (Wildman–Crippen LogP) is 1.34. The first-order chi connectivity index (χ1) is 6.69. The van der Waals surface area contributed by atoms with Gasteiger partial charge in [-0.25, -0.2) is 9.78 Å². The highest BCUT2D eigenvalue weighted by molar-refractivity contribution is 7.99. The van der Waals surface area contributed by atoms with Crippen LogP contribution >= 0.6 is 11.9 Å². The molecule has 72 valence electrons. The van der Waals surface area contributed by atoms with E-state index in [1.807, 2.05) is 0 Å². The molecule has 6 heteroatoms. The molecule has 0 saturated heterocycles. The van der Waals surface area contributed by atoms with Crippen molar-refractivity contribution in [3.63, 3.8) is 0 Å². The van der Waals surface area contributed by atoms with E-state index in [9.17, 15) is 4.79 Å². The van der Waals surface area contributed by atoms with Gasteiger partial charge in [-0.1, -0.05) is 11.9 Å². The van der Waals surface area contributed by atoms with Gasteiger partial charge < -0.3 is 9.83 Å². The molecule has 0 unspecified atom stereocenters. The summed E-state index contributed by atoms with van der Waals surface area (Å²) in [4.78, 5) is 14.6. The van der Waals surface area contributed by atoms with Gasteiger partial charge in [-0.15, -0.1) is 0 Å². The molecule has 0 radical (unpaired) electrons. The van der Waals surface area contributed by atoms with Gasteiger partial charge >= 0.3 is 5.97 Å². The average molecular weight is 209 g/mol. The number of anilines is 1.